The van der Waals surface area contributed by atoms with Crippen LogP contribution in [0.3, 0.4) is 0 Å². The Morgan fingerprint density at radius 2 is 1.93 bits per heavy atom. The molecule has 0 aliphatic rings. The van der Waals surface area contributed by atoms with Crippen LogP contribution >= 0.6 is 11.3 Å². The number of rotatable bonds is 3. The molecule has 0 aliphatic heterocycles. The van der Waals surface area contributed by atoms with Gasteiger partial charge in [0, 0.05) is 21.1 Å². The molecule has 0 amide bonds. The topological polar surface area (TPSA) is 48.1 Å². The molecule has 0 atom stereocenters. The smallest absolute Gasteiger partial charge is 0.230 e. The Morgan fingerprint density at radius 1 is 1.20 bits per heavy atom. The fraction of sp³-hybridized carbons (Fsp3) is 0.333. The second-order valence-electron chi connectivity index (χ2n) is 3.38. The van der Waals surface area contributed by atoms with E-state index in [1.165, 1.54) is 0 Å². The number of aromatic nitrogens is 3. The van der Waals surface area contributed by atoms with Gasteiger partial charge in [0.2, 0.25) is 11.9 Å². The summed E-state index contributed by atoms with van der Waals surface area (Å²) in [7, 11) is 5.82. The summed E-state index contributed by atoms with van der Waals surface area (Å²) in [5, 5.41) is 11.3. The molecule has 0 unspecified atom stereocenters. The van der Waals surface area contributed by atoms with E-state index in [1.54, 1.807) is 11.3 Å². The van der Waals surface area contributed by atoms with Crippen molar-refractivity contribution in [2.75, 3.05) is 30.9 Å². The molecule has 0 spiro atoms. The molecule has 6 heteroatoms. The van der Waals surface area contributed by atoms with Crippen LogP contribution in [0.1, 0.15) is 0 Å². The maximum absolute atomic E-state index is 4.08. The molecule has 0 saturated carbocycles. The van der Waals surface area contributed by atoms with Gasteiger partial charge in [-0.25, -0.2) is 0 Å². The summed E-state index contributed by atoms with van der Waals surface area (Å²) in [5.74, 6) is 1.51. The number of nitrogens with zero attached hydrogens (tertiary/aromatic N) is 4. The second-order valence-corrected chi connectivity index (χ2v) is 4.30. The summed E-state index contributed by atoms with van der Waals surface area (Å²) >= 11 is 1.67. The van der Waals surface area contributed by atoms with Crippen LogP contribution in [0.25, 0.3) is 0 Å². The van der Waals surface area contributed by atoms with Gasteiger partial charge in [-0.15, -0.1) is 21.5 Å². The number of hydrogen-bond acceptors (Lipinski definition) is 5. The van der Waals surface area contributed by atoms with Crippen LogP contribution in [0.4, 0.5) is 16.9 Å². The van der Waals surface area contributed by atoms with Crippen molar-refractivity contribution in [2.24, 2.45) is 0 Å². The van der Waals surface area contributed by atoms with Gasteiger partial charge in [0.25, 0.3) is 0 Å². The fourth-order valence-corrected chi connectivity index (χ4v) is 1.86. The van der Waals surface area contributed by atoms with Crippen molar-refractivity contribution in [3.8, 4) is 0 Å². The van der Waals surface area contributed by atoms with Gasteiger partial charge in [0.05, 0.1) is 5.00 Å². The first-order chi connectivity index (χ1) is 7.18. The Kier molecular flexibility index (Phi) is 2.59. The number of hydrogen-bond donors (Lipinski definition) is 1. The Morgan fingerprint density at radius 3 is 2.47 bits per heavy atom. The SMILES string of the molecule is CN(C)c1nnc(N(C)c2cccs2)[nH]1. The Hall–Kier alpha value is -1.56. The summed E-state index contributed by atoms with van der Waals surface area (Å²) in [4.78, 5) is 7.00. The van der Waals surface area contributed by atoms with Gasteiger partial charge in [-0.2, -0.15) is 0 Å². The molecule has 0 fully saturated rings. The zero-order valence-corrected chi connectivity index (χ0v) is 9.75. The summed E-state index contributed by atoms with van der Waals surface area (Å²) in [6.07, 6.45) is 0. The van der Waals surface area contributed by atoms with E-state index in [1.807, 2.05) is 48.5 Å². The lowest BCUT2D eigenvalue weighted by Crippen LogP contribution is -2.11. The molecule has 0 aliphatic carbocycles. The lowest BCUT2D eigenvalue weighted by molar-refractivity contribution is 0.995. The van der Waals surface area contributed by atoms with Gasteiger partial charge in [0.1, 0.15) is 0 Å². The summed E-state index contributed by atoms with van der Waals surface area (Å²) in [6.45, 7) is 0. The first-order valence-corrected chi connectivity index (χ1v) is 5.43. The first-order valence-electron chi connectivity index (χ1n) is 4.55. The van der Waals surface area contributed by atoms with Crippen molar-refractivity contribution in [2.45, 2.75) is 0 Å². The van der Waals surface area contributed by atoms with Gasteiger partial charge in [-0.1, -0.05) is 0 Å². The van der Waals surface area contributed by atoms with Crippen LogP contribution in [0.5, 0.6) is 0 Å². The van der Waals surface area contributed by atoms with Gasteiger partial charge in [-0.3, -0.25) is 4.98 Å². The highest BCUT2D eigenvalue weighted by molar-refractivity contribution is 7.14. The number of thiophene rings is 1. The highest BCUT2D eigenvalue weighted by atomic mass is 32.1. The van der Waals surface area contributed by atoms with E-state index in [9.17, 15) is 0 Å². The van der Waals surface area contributed by atoms with E-state index in [-0.39, 0.29) is 0 Å². The molecule has 15 heavy (non-hydrogen) atoms. The van der Waals surface area contributed by atoms with Crippen LogP contribution in [0.2, 0.25) is 0 Å². The van der Waals surface area contributed by atoms with Crippen LogP contribution in [0.15, 0.2) is 17.5 Å². The number of anilines is 3. The standard InChI is InChI=1S/C9H13N5S/c1-13(2)8-10-9(12-11-8)14(3)7-5-4-6-15-7/h4-6H,1-3H3,(H,10,11,12). The van der Waals surface area contributed by atoms with Crippen LogP contribution < -0.4 is 9.80 Å². The quantitative estimate of drug-likeness (QED) is 0.860. The highest BCUT2D eigenvalue weighted by Crippen LogP contribution is 2.25. The van der Waals surface area contributed by atoms with Crippen molar-refractivity contribution in [1.82, 2.24) is 15.2 Å². The minimum atomic E-state index is 0.751. The zero-order valence-electron chi connectivity index (χ0n) is 8.93. The van der Waals surface area contributed by atoms with E-state index < -0.39 is 0 Å². The number of nitrogens with one attached hydrogen (secondary N) is 1. The van der Waals surface area contributed by atoms with Crippen molar-refractivity contribution < 1.29 is 0 Å². The van der Waals surface area contributed by atoms with E-state index >= 15 is 0 Å². The summed E-state index contributed by atoms with van der Waals surface area (Å²) < 4.78 is 0. The highest BCUT2D eigenvalue weighted by Gasteiger charge is 2.10. The molecule has 0 saturated heterocycles. The molecule has 5 nitrogen and oxygen atoms in total. The molecule has 0 bridgehead atoms. The normalized spacial score (nSPS) is 10.3. The minimum absolute atomic E-state index is 0.751. The third kappa shape index (κ3) is 1.94. The van der Waals surface area contributed by atoms with Crippen molar-refractivity contribution in [3.63, 3.8) is 0 Å². The van der Waals surface area contributed by atoms with E-state index in [2.05, 4.69) is 15.2 Å². The molecule has 80 valence electrons. The van der Waals surface area contributed by atoms with Crippen molar-refractivity contribution in [3.05, 3.63) is 17.5 Å². The number of H-pyrrole nitrogens is 1. The van der Waals surface area contributed by atoms with Gasteiger partial charge >= 0.3 is 0 Å². The Bertz CT molecular complexity index is 419. The molecular formula is C9H13N5S. The largest absolute Gasteiger partial charge is 0.347 e. The average Bonchev–Trinajstić information content (AvgIpc) is 2.88. The third-order valence-corrected chi connectivity index (χ3v) is 2.99. The van der Waals surface area contributed by atoms with Gasteiger partial charge in [-0.05, 0) is 17.5 Å². The summed E-state index contributed by atoms with van der Waals surface area (Å²) in [5.41, 5.74) is 0. The van der Waals surface area contributed by atoms with E-state index in [0.29, 0.717) is 0 Å². The second kappa shape index (κ2) is 3.90. The van der Waals surface area contributed by atoms with Crippen molar-refractivity contribution >= 4 is 28.2 Å². The molecule has 0 aromatic carbocycles. The molecule has 2 aromatic rings. The first kappa shape index (κ1) is 9.97. The monoisotopic (exact) mass is 223 g/mol. The Balaban J connectivity index is 2.23. The van der Waals surface area contributed by atoms with Crippen LogP contribution in [0, 0.1) is 0 Å². The van der Waals surface area contributed by atoms with E-state index in [0.717, 1.165) is 16.9 Å². The molecular weight excluding hydrogens is 210 g/mol. The predicted octanol–water partition coefficient (Wildman–Crippen LogP) is 1.70. The molecule has 0 radical (unpaired) electrons. The molecule has 2 heterocycles. The maximum atomic E-state index is 4.08. The lowest BCUT2D eigenvalue weighted by atomic mass is 10.6. The lowest BCUT2D eigenvalue weighted by Gasteiger charge is -2.12. The minimum Gasteiger partial charge on any atom is -0.347 e. The zero-order chi connectivity index (χ0) is 10.8. The molecule has 2 aromatic heterocycles. The maximum Gasteiger partial charge on any atom is 0.230 e. The average molecular weight is 223 g/mol. The molecule has 1 N–H and O–H groups in total. The van der Waals surface area contributed by atoms with Gasteiger partial charge in [0.15, 0.2) is 0 Å². The predicted molar refractivity (Wildman–Crippen MR) is 63.1 cm³/mol. The van der Waals surface area contributed by atoms with E-state index in [4.69, 9.17) is 0 Å². The number of aromatic amines is 1. The van der Waals surface area contributed by atoms with Crippen LogP contribution in [-0.2, 0) is 0 Å². The van der Waals surface area contributed by atoms with Crippen molar-refractivity contribution in [1.29, 1.82) is 0 Å². The van der Waals surface area contributed by atoms with Crippen LogP contribution in [-0.4, -0.2) is 36.3 Å². The summed E-state index contributed by atoms with van der Waals surface area (Å²) in [6, 6.07) is 4.06. The Labute approximate surface area is 92.4 Å². The fourth-order valence-electron chi connectivity index (χ4n) is 1.16. The third-order valence-electron chi connectivity index (χ3n) is 2.04. The van der Waals surface area contributed by atoms with Gasteiger partial charge < -0.3 is 9.80 Å². The molecule has 2 rings (SSSR count).